The number of carboxylic acid groups (broad SMARTS) is 1. The fourth-order valence-corrected chi connectivity index (χ4v) is 1.92. The molecule has 0 aromatic carbocycles. The van der Waals surface area contributed by atoms with Crippen LogP contribution in [0.25, 0.3) is 0 Å². The number of sulfonamides is 1. The Hall–Kier alpha value is -0.660. The number of nitrogens with one attached hydrogen (secondary N) is 1. The van der Waals surface area contributed by atoms with E-state index in [1.54, 1.807) is 0 Å². The van der Waals surface area contributed by atoms with Crippen molar-refractivity contribution < 1.29 is 18.3 Å². The number of nitrogens with zero attached hydrogens (tertiary/aromatic N) is 1. The van der Waals surface area contributed by atoms with E-state index in [1.165, 1.54) is 0 Å². The van der Waals surface area contributed by atoms with E-state index in [1.807, 2.05) is 25.8 Å². The normalized spacial score (nSPS) is 12.3. The van der Waals surface area contributed by atoms with Gasteiger partial charge in [0.15, 0.2) is 0 Å². The molecule has 0 rings (SSSR count). The Morgan fingerprint density at radius 2 is 2.00 bits per heavy atom. The first kappa shape index (κ1) is 15.3. The highest BCUT2D eigenvalue weighted by atomic mass is 32.2. The first-order valence-corrected chi connectivity index (χ1v) is 6.79. The van der Waals surface area contributed by atoms with E-state index in [0.717, 1.165) is 0 Å². The second kappa shape index (κ2) is 6.82. The predicted octanol–water partition coefficient (Wildman–Crippen LogP) is -0.279. The number of carboxylic acids is 1. The summed E-state index contributed by atoms with van der Waals surface area (Å²) in [5.74, 6) is -1.47. The predicted molar refractivity (Wildman–Crippen MR) is 61.8 cm³/mol. The third-order valence-electron chi connectivity index (χ3n) is 2.25. The van der Waals surface area contributed by atoms with Crippen LogP contribution in [0.2, 0.25) is 0 Å². The van der Waals surface area contributed by atoms with Gasteiger partial charge in [0, 0.05) is 19.1 Å². The zero-order valence-corrected chi connectivity index (χ0v) is 10.7. The van der Waals surface area contributed by atoms with Crippen molar-refractivity contribution in [1.29, 1.82) is 0 Å². The molecule has 0 aromatic heterocycles. The maximum atomic E-state index is 11.3. The number of carbonyl (C=O) groups is 1. The fraction of sp³-hybridized carbons (Fsp3) is 0.889. The second-order valence-electron chi connectivity index (χ2n) is 3.93. The van der Waals surface area contributed by atoms with Gasteiger partial charge >= 0.3 is 5.97 Å². The zero-order valence-electron chi connectivity index (χ0n) is 9.93. The largest absolute Gasteiger partial charge is 0.481 e. The van der Waals surface area contributed by atoms with Gasteiger partial charge in [-0.3, -0.25) is 4.79 Å². The number of hydrogen-bond donors (Lipinski definition) is 2. The number of aliphatic carboxylic acids is 1. The molecule has 0 aromatic rings. The van der Waals surface area contributed by atoms with Crippen LogP contribution in [0, 0.1) is 0 Å². The van der Waals surface area contributed by atoms with Crippen molar-refractivity contribution in [2.45, 2.75) is 26.3 Å². The molecule has 0 amide bonds. The molecule has 0 saturated carbocycles. The lowest BCUT2D eigenvalue weighted by atomic mass is 10.3. The van der Waals surface area contributed by atoms with Gasteiger partial charge in [-0.2, -0.15) is 0 Å². The first-order valence-electron chi connectivity index (χ1n) is 5.14. The Balaban J connectivity index is 3.87. The summed E-state index contributed by atoms with van der Waals surface area (Å²) in [4.78, 5) is 12.2. The molecule has 96 valence electrons. The van der Waals surface area contributed by atoms with E-state index in [4.69, 9.17) is 5.11 Å². The number of likely N-dealkylation sites (N-methyl/N-ethyl adjacent to an activating group) is 1. The average Bonchev–Trinajstić information content (AvgIpc) is 2.14. The summed E-state index contributed by atoms with van der Waals surface area (Å²) in [6, 6.07) is 0.350. The summed E-state index contributed by atoms with van der Waals surface area (Å²) in [6.07, 6.45) is -0.366. The van der Waals surface area contributed by atoms with Crippen molar-refractivity contribution >= 4 is 16.0 Å². The van der Waals surface area contributed by atoms with E-state index < -0.39 is 16.0 Å². The van der Waals surface area contributed by atoms with Gasteiger partial charge in [-0.1, -0.05) is 0 Å². The summed E-state index contributed by atoms with van der Waals surface area (Å²) in [7, 11) is -1.56. The minimum absolute atomic E-state index is 0.302. The van der Waals surface area contributed by atoms with Crippen LogP contribution < -0.4 is 4.72 Å². The van der Waals surface area contributed by atoms with Crippen LogP contribution in [0.15, 0.2) is 0 Å². The summed E-state index contributed by atoms with van der Waals surface area (Å²) in [5, 5.41) is 8.36. The average molecular weight is 252 g/mol. The van der Waals surface area contributed by atoms with Crippen molar-refractivity contribution in [1.82, 2.24) is 9.62 Å². The molecule has 0 aliphatic carbocycles. The van der Waals surface area contributed by atoms with Crippen molar-refractivity contribution in [2.24, 2.45) is 0 Å². The first-order chi connectivity index (χ1) is 7.24. The third-order valence-corrected chi connectivity index (χ3v) is 3.64. The zero-order chi connectivity index (χ0) is 12.8. The molecule has 2 N–H and O–H groups in total. The molecular weight excluding hydrogens is 232 g/mol. The van der Waals surface area contributed by atoms with E-state index >= 15 is 0 Å². The maximum absolute atomic E-state index is 11.3. The van der Waals surface area contributed by atoms with Crippen molar-refractivity contribution in [2.75, 3.05) is 25.9 Å². The monoisotopic (exact) mass is 252 g/mol. The van der Waals surface area contributed by atoms with Gasteiger partial charge in [0.05, 0.1) is 12.2 Å². The topological polar surface area (TPSA) is 86.7 Å². The molecule has 0 aliphatic heterocycles. The van der Waals surface area contributed by atoms with Gasteiger partial charge in [-0.25, -0.2) is 13.1 Å². The molecule has 0 fully saturated rings. The molecule has 16 heavy (non-hydrogen) atoms. The highest BCUT2D eigenvalue weighted by Crippen LogP contribution is 1.93. The Bertz CT molecular complexity index is 313. The standard InChI is InChI=1S/C9H20N2O4S/c1-8(2)11(3)6-5-10-16(14,15)7-4-9(12)13/h8,10H,4-7H2,1-3H3,(H,12,13). The fourth-order valence-electron chi connectivity index (χ4n) is 0.930. The quantitative estimate of drug-likeness (QED) is 0.620. The minimum Gasteiger partial charge on any atom is -0.481 e. The maximum Gasteiger partial charge on any atom is 0.304 e. The van der Waals surface area contributed by atoms with Gasteiger partial charge in [0.2, 0.25) is 10.0 Å². The van der Waals surface area contributed by atoms with Crippen molar-refractivity contribution in [3.8, 4) is 0 Å². The van der Waals surface area contributed by atoms with Crippen LogP contribution in [-0.4, -0.2) is 56.3 Å². The van der Waals surface area contributed by atoms with E-state index in [0.29, 0.717) is 19.1 Å². The molecule has 0 spiro atoms. The van der Waals surface area contributed by atoms with Crippen LogP contribution in [-0.2, 0) is 14.8 Å². The molecule has 0 heterocycles. The van der Waals surface area contributed by atoms with Crippen LogP contribution in [0.4, 0.5) is 0 Å². The lowest BCUT2D eigenvalue weighted by Gasteiger charge is -2.20. The molecule has 7 heteroatoms. The van der Waals surface area contributed by atoms with Crippen LogP contribution >= 0.6 is 0 Å². The number of hydrogen-bond acceptors (Lipinski definition) is 4. The minimum atomic E-state index is -3.46. The SMILES string of the molecule is CC(C)N(C)CCNS(=O)(=O)CCC(=O)O. The van der Waals surface area contributed by atoms with Crippen molar-refractivity contribution in [3.63, 3.8) is 0 Å². The molecular formula is C9H20N2O4S. The molecule has 6 nitrogen and oxygen atoms in total. The second-order valence-corrected chi connectivity index (χ2v) is 5.86. The molecule has 0 bridgehead atoms. The lowest BCUT2D eigenvalue weighted by Crippen LogP contribution is -2.37. The number of rotatable bonds is 8. The van der Waals surface area contributed by atoms with Crippen molar-refractivity contribution in [3.05, 3.63) is 0 Å². The Labute approximate surface area is 96.7 Å². The van der Waals surface area contributed by atoms with Gasteiger partial charge in [-0.15, -0.1) is 0 Å². The third kappa shape index (κ3) is 7.61. The summed E-state index contributed by atoms with van der Waals surface area (Å²) in [6.45, 7) is 4.93. The molecule has 0 radical (unpaired) electrons. The molecule has 0 aliphatic rings. The smallest absolute Gasteiger partial charge is 0.304 e. The van der Waals surface area contributed by atoms with Crippen LogP contribution in [0.1, 0.15) is 20.3 Å². The Morgan fingerprint density at radius 3 is 2.44 bits per heavy atom. The summed E-state index contributed by atoms with van der Waals surface area (Å²) < 4.78 is 25.0. The van der Waals surface area contributed by atoms with E-state index in [9.17, 15) is 13.2 Å². The molecule has 0 saturated heterocycles. The van der Waals surface area contributed by atoms with E-state index in [-0.39, 0.29) is 12.2 Å². The van der Waals surface area contributed by atoms with Gasteiger partial charge in [-0.05, 0) is 20.9 Å². The van der Waals surface area contributed by atoms with E-state index in [2.05, 4.69) is 4.72 Å². The van der Waals surface area contributed by atoms with Gasteiger partial charge < -0.3 is 10.0 Å². The molecule has 0 unspecified atom stereocenters. The van der Waals surface area contributed by atoms with Crippen LogP contribution in [0.3, 0.4) is 0 Å². The highest BCUT2D eigenvalue weighted by molar-refractivity contribution is 7.89. The summed E-state index contributed by atoms with van der Waals surface area (Å²) >= 11 is 0. The van der Waals surface area contributed by atoms with Gasteiger partial charge in [0.25, 0.3) is 0 Å². The Morgan fingerprint density at radius 1 is 1.44 bits per heavy atom. The summed E-state index contributed by atoms with van der Waals surface area (Å²) in [5.41, 5.74) is 0. The molecule has 0 atom stereocenters. The lowest BCUT2D eigenvalue weighted by molar-refractivity contribution is -0.136. The van der Waals surface area contributed by atoms with Gasteiger partial charge in [0.1, 0.15) is 0 Å². The van der Waals surface area contributed by atoms with Crippen LogP contribution in [0.5, 0.6) is 0 Å². The Kier molecular flexibility index (Phi) is 6.54. The highest BCUT2D eigenvalue weighted by Gasteiger charge is 2.12.